The molecule has 0 bridgehead atoms. The molecule has 2 fully saturated rings. The Kier molecular flexibility index (Phi) is 4.97. The van der Waals surface area contributed by atoms with Gasteiger partial charge in [-0.25, -0.2) is 13.2 Å². The van der Waals surface area contributed by atoms with Crippen LogP contribution in [0.3, 0.4) is 0 Å². The van der Waals surface area contributed by atoms with Crippen LogP contribution in [0.4, 0.5) is 4.79 Å². The number of piperidine rings is 1. The highest BCUT2D eigenvalue weighted by molar-refractivity contribution is 7.92. The molecule has 31 heavy (non-hydrogen) atoms. The number of likely N-dealkylation sites (tertiary alicyclic amines) is 1. The minimum Gasteiger partial charge on any atom is -0.443 e. The first kappa shape index (κ1) is 20.1. The van der Waals surface area contributed by atoms with E-state index >= 15 is 0 Å². The van der Waals surface area contributed by atoms with E-state index in [-0.39, 0.29) is 29.2 Å². The second kappa shape index (κ2) is 7.67. The molecule has 8 heteroatoms. The van der Waals surface area contributed by atoms with Crippen LogP contribution in [0.25, 0.3) is 0 Å². The smallest absolute Gasteiger partial charge is 0.411 e. The monoisotopic (exact) mass is 440 g/mol. The number of fused-ring (bicyclic) bond motifs is 3. The summed E-state index contributed by atoms with van der Waals surface area (Å²) in [6.07, 6.45) is 1.51. The maximum atomic E-state index is 12.7. The fourth-order valence-corrected chi connectivity index (χ4v) is 6.26. The Labute approximate surface area is 181 Å². The summed E-state index contributed by atoms with van der Waals surface area (Å²) in [5.41, 5.74) is 2.36. The molecule has 0 N–H and O–H groups in total. The van der Waals surface area contributed by atoms with E-state index in [2.05, 4.69) is 12.1 Å². The summed E-state index contributed by atoms with van der Waals surface area (Å²) in [6, 6.07) is 16.1. The Morgan fingerprint density at radius 2 is 1.68 bits per heavy atom. The largest absolute Gasteiger partial charge is 0.443 e. The van der Waals surface area contributed by atoms with Gasteiger partial charge in [0.2, 0.25) is 5.91 Å². The van der Waals surface area contributed by atoms with E-state index in [0.717, 1.165) is 12.0 Å². The van der Waals surface area contributed by atoms with Crippen molar-refractivity contribution in [2.24, 2.45) is 0 Å². The van der Waals surface area contributed by atoms with Crippen LogP contribution in [0.15, 0.2) is 59.5 Å². The topological polar surface area (TPSA) is 84.0 Å². The molecule has 2 heterocycles. The Hall–Kier alpha value is -2.87. The Morgan fingerprint density at radius 3 is 2.42 bits per heavy atom. The molecule has 0 aromatic heterocycles. The van der Waals surface area contributed by atoms with Gasteiger partial charge in [0.25, 0.3) is 0 Å². The van der Waals surface area contributed by atoms with E-state index in [9.17, 15) is 18.0 Å². The van der Waals surface area contributed by atoms with Gasteiger partial charge in [-0.3, -0.25) is 9.69 Å². The first-order valence-corrected chi connectivity index (χ1v) is 12.2. The molecule has 0 unspecified atom stereocenters. The molecule has 0 spiro atoms. The second-order valence-corrected chi connectivity index (χ2v) is 10.4. The van der Waals surface area contributed by atoms with Gasteiger partial charge in [-0.1, -0.05) is 42.5 Å². The standard InChI is InChI=1S/C23H24N2O5S/c26-21(15-31(28,29)18-7-2-1-3-8-18)24-12-10-17(11-13-24)25-22-19-9-5-4-6-16(19)14-20(22)30-23(25)27/h1-9,17,20,22H,10-15H2/t20-,22+/m1/s1. The summed E-state index contributed by atoms with van der Waals surface area (Å²) in [7, 11) is -3.67. The summed E-state index contributed by atoms with van der Waals surface area (Å²) in [5, 5.41) is 0. The quantitative estimate of drug-likeness (QED) is 0.730. The van der Waals surface area contributed by atoms with Crippen LogP contribution in [0.1, 0.15) is 30.0 Å². The highest BCUT2D eigenvalue weighted by atomic mass is 32.2. The molecule has 0 saturated carbocycles. The maximum Gasteiger partial charge on any atom is 0.411 e. The predicted octanol–water partition coefficient (Wildman–Crippen LogP) is 2.57. The van der Waals surface area contributed by atoms with Crippen molar-refractivity contribution < 1.29 is 22.7 Å². The lowest BCUT2D eigenvalue weighted by Gasteiger charge is -2.37. The van der Waals surface area contributed by atoms with E-state index in [0.29, 0.717) is 25.9 Å². The van der Waals surface area contributed by atoms with Crippen molar-refractivity contribution in [3.8, 4) is 0 Å². The zero-order chi connectivity index (χ0) is 21.6. The van der Waals surface area contributed by atoms with Gasteiger partial charge in [0.15, 0.2) is 9.84 Å². The second-order valence-electron chi connectivity index (χ2n) is 8.36. The van der Waals surface area contributed by atoms with Gasteiger partial charge in [0.05, 0.1) is 10.9 Å². The van der Waals surface area contributed by atoms with Crippen LogP contribution in [0.5, 0.6) is 0 Å². The summed E-state index contributed by atoms with van der Waals surface area (Å²) in [4.78, 5) is 28.9. The maximum absolute atomic E-state index is 12.7. The van der Waals surface area contributed by atoms with Crippen LogP contribution in [-0.2, 0) is 25.8 Å². The number of hydrogen-bond donors (Lipinski definition) is 0. The molecular formula is C23H24N2O5S. The SMILES string of the molecule is O=C(CS(=O)(=O)c1ccccc1)N1CCC(N2C(=O)O[C@@H]3Cc4ccccc4[C@@H]32)CC1. The van der Waals surface area contributed by atoms with Gasteiger partial charge < -0.3 is 9.64 Å². The van der Waals surface area contributed by atoms with E-state index in [1.165, 1.54) is 17.7 Å². The van der Waals surface area contributed by atoms with Gasteiger partial charge >= 0.3 is 6.09 Å². The highest BCUT2D eigenvalue weighted by Crippen LogP contribution is 2.44. The molecule has 2 aliphatic heterocycles. The van der Waals surface area contributed by atoms with Crippen LogP contribution in [-0.4, -0.2) is 61.2 Å². The molecule has 2 atom stereocenters. The lowest BCUT2D eigenvalue weighted by molar-refractivity contribution is -0.129. The number of hydrogen-bond acceptors (Lipinski definition) is 5. The van der Waals surface area contributed by atoms with Crippen LogP contribution in [0, 0.1) is 0 Å². The number of carbonyl (C=O) groups is 2. The zero-order valence-electron chi connectivity index (χ0n) is 17.0. The predicted molar refractivity (Wildman–Crippen MR) is 113 cm³/mol. The third kappa shape index (κ3) is 3.59. The molecule has 7 nitrogen and oxygen atoms in total. The lowest BCUT2D eigenvalue weighted by Crippen LogP contribution is -2.48. The summed E-state index contributed by atoms with van der Waals surface area (Å²) in [5.74, 6) is -0.929. The fraction of sp³-hybridized carbons (Fsp3) is 0.391. The Morgan fingerprint density at radius 1 is 1.00 bits per heavy atom. The molecule has 3 aliphatic rings. The van der Waals surface area contributed by atoms with E-state index in [1.807, 2.05) is 17.0 Å². The molecule has 2 amide bonds. The van der Waals surface area contributed by atoms with Crippen molar-refractivity contribution in [2.75, 3.05) is 18.8 Å². The molecule has 2 aromatic carbocycles. The first-order chi connectivity index (χ1) is 14.9. The minimum atomic E-state index is -3.67. The third-order valence-electron chi connectivity index (χ3n) is 6.54. The van der Waals surface area contributed by atoms with Gasteiger partial charge in [0.1, 0.15) is 11.9 Å². The molecular weight excluding hydrogens is 416 g/mol. The first-order valence-electron chi connectivity index (χ1n) is 10.6. The van der Waals surface area contributed by atoms with Crippen LogP contribution < -0.4 is 0 Å². The average molecular weight is 441 g/mol. The van der Waals surface area contributed by atoms with Crippen molar-refractivity contribution in [3.63, 3.8) is 0 Å². The van der Waals surface area contributed by atoms with Gasteiger partial charge in [0, 0.05) is 25.6 Å². The van der Waals surface area contributed by atoms with Crippen molar-refractivity contribution >= 4 is 21.8 Å². The fourth-order valence-electron chi connectivity index (χ4n) is 5.01. The number of sulfone groups is 1. The van der Waals surface area contributed by atoms with E-state index in [4.69, 9.17) is 4.74 Å². The number of amides is 2. The summed E-state index contributed by atoms with van der Waals surface area (Å²) < 4.78 is 30.7. The minimum absolute atomic E-state index is 0.0246. The van der Waals surface area contributed by atoms with Crippen molar-refractivity contribution in [2.45, 2.75) is 42.3 Å². The highest BCUT2D eigenvalue weighted by Gasteiger charge is 2.50. The van der Waals surface area contributed by atoms with Gasteiger partial charge in [-0.05, 0) is 36.1 Å². The molecule has 2 saturated heterocycles. The molecule has 162 valence electrons. The lowest BCUT2D eigenvalue weighted by atomic mass is 9.99. The summed E-state index contributed by atoms with van der Waals surface area (Å²) >= 11 is 0. The van der Waals surface area contributed by atoms with Crippen molar-refractivity contribution in [1.82, 2.24) is 9.80 Å². The third-order valence-corrected chi connectivity index (χ3v) is 8.15. The molecule has 2 aromatic rings. The van der Waals surface area contributed by atoms with Gasteiger partial charge in [-0.15, -0.1) is 0 Å². The average Bonchev–Trinajstić information content (AvgIpc) is 3.28. The number of ether oxygens (including phenoxy) is 1. The number of benzene rings is 2. The molecule has 0 radical (unpaired) electrons. The molecule has 5 rings (SSSR count). The van der Waals surface area contributed by atoms with Crippen molar-refractivity contribution in [1.29, 1.82) is 0 Å². The Bertz CT molecular complexity index is 1110. The Balaban J connectivity index is 1.25. The normalized spacial score (nSPS) is 23.4. The van der Waals surface area contributed by atoms with Crippen LogP contribution >= 0.6 is 0 Å². The van der Waals surface area contributed by atoms with Gasteiger partial charge in [-0.2, -0.15) is 0 Å². The number of rotatable bonds is 4. The number of nitrogens with zero attached hydrogens (tertiary/aromatic N) is 2. The number of carbonyl (C=O) groups excluding carboxylic acids is 2. The van der Waals surface area contributed by atoms with Crippen LogP contribution in [0.2, 0.25) is 0 Å². The van der Waals surface area contributed by atoms with Crippen molar-refractivity contribution in [3.05, 3.63) is 65.7 Å². The molecule has 1 aliphatic carbocycles. The summed E-state index contributed by atoms with van der Waals surface area (Å²) in [6.45, 7) is 0.854. The zero-order valence-corrected chi connectivity index (χ0v) is 17.8. The van der Waals surface area contributed by atoms with E-state index < -0.39 is 21.5 Å². The van der Waals surface area contributed by atoms with E-state index in [1.54, 1.807) is 23.1 Å².